The molecule has 0 aromatic carbocycles. The molecule has 5 heteroatoms. The van der Waals surface area contributed by atoms with Gasteiger partial charge in [0.2, 0.25) is 0 Å². The van der Waals surface area contributed by atoms with E-state index in [1.54, 1.807) is 0 Å². The van der Waals surface area contributed by atoms with Crippen LogP contribution in [-0.2, 0) is 17.7 Å². The lowest BCUT2D eigenvalue weighted by atomic mass is 10.0. The topological polar surface area (TPSA) is 39.9 Å². The van der Waals surface area contributed by atoms with Gasteiger partial charge in [-0.1, -0.05) is 0 Å². The highest BCUT2D eigenvalue weighted by Crippen LogP contribution is 2.22. The van der Waals surface area contributed by atoms with Gasteiger partial charge < -0.3 is 9.30 Å². The second kappa shape index (κ2) is 6.10. The Kier molecular flexibility index (Phi) is 4.22. The van der Waals surface area contributed by atoms with Crippen molar-refractivity contribution in [3.8, 4) is 0 Å². The van der Waals surface area contributed by atoms with Gasteiger partial charge in [-0.05, 0) is 37.8 Å². The fraction of sp³-hybridized carbons (Fsp3) is 0.600. The Bertz CT molecular complexity index is 590. The molecule has 0 atom stereocenters. The van der Waals surface area contributed by atoms with Crippen LogP contribution >= 0.6 is 11.6 Å². The Morgan fingerprint density at radius 3 is 2.85 bits per heavy atom. The minimum absolute atomic E-state index is 0.593. The van der Waals surface area contributed by atoms with E-state index in [1.807, 2.05) is 13.0 Å². The fourth-order valence-corrected chi connectivity index (χ4v) is 2.97. The highest BCUT2D eigenvalue weighted by molar-refractivity contribution is 6.17. The summed E-state index contributed by atoms with van der Waals surface area (Å²) in [7, 11) is 0. The van der Waals surface area contributed by atoms with Gasteiger partial charge >= 0.3 is 0 Å². The van der Waals surface area contributed by atoms with Crippen LogP contribution < -0.4 is 0 Å². The van der Waals surface area contributed by atoms with E-state index < -0.39 is 0 Å². The molecule has 1 aliphatic heterocycles. The number of hydrogen-bond donors (Lipinski definition) is 0. The molecule has 2 aromatic heterocycles. The summed E-state index contributed by atoms with van der Waals surface area (Å²) in [4.78, 5) is 9.36. The first-order valence-electron chi connectivity index (χ1n) is 7.24. The van der Waals surface area contributed by atoms with Gasteiger partial charge in [0.1, 0.15) is 11.3 Å². The van der Waals surface area contributed by atoms with Crippen LogP contribution in [0.4, 0.5) is 0 Å². The molecule has 3 heterocycles. The van der Waals surface area contributed by atoms with Gasteiger partial charge in [0, 0.05) is 37.8 Å². The molecule has 0 saturated carbocycles. The summed E-state index contributed by atoms with van der Waals surface area (Å²) in [5.74, 6) is 2.30. The zero-order valence-electron chi connectivity index (χ0n) is 11.8. The summed E-state index contributed by atoms with van der Waals surface area (Å²) in [5, 5.41) is 0. The van der Waals surface area contributed by atoms with E-state index in [0.717, 1.165) is 61.7 Å². The molecule has 0 bridgehead atoms. The van der Waals surface area contributed by atoms with Crippen molar-refractivity contribution >= 4 is 22.8 Å². The van der Waals surface area contributed by atoms with E-state index in [-0.39, 0.29) is 0 Å². The van der Waals surface area contributed by atoms with E-state index in [2.05, 4.69) is 15.6 Å². The first-order chi connectivity index (χ1) is 9.78. The van der Waals surface area contributed by atoms with Gasteiger partial charge in [-0.25, -0.2) is 9.97 Å². The molecule has 0 aliphatic carbocycles. The second-order valence-electron chi connectivity index (χ2n) is 5.43. The highest BCUT2D eigenvalue weighted by atomic mass is 35.5. The number of nitrogens with zero attached hydrogens (tertiary/aromatic N) is 3. The average molecular weight is 294 g/mol. The molecular weight excluding hydrogens is 274 g/mol. The SMILES string of the molecule is Cc1ccc2nc(CCCl)n(CC3CCOCC3)c2n1. The Balaban J connectivity index is 1.96. The number of halogens is 1. The van der Waals surface area contributed by atoms with Gasteiger partial charge in [0.15, 0.2) is 5.65 Å². The fourth-order valence-electron chi connectivity index (χ4n) is 2.80. The van der Waals surface area contributed by atoms with Gasteiger partial charge in [-0.3, -0.25) is 0 Å². The van der Waals surface area contributed by atoms with E-state index >= 15 is 0 Å². The predicted molar refractivity (Wildman–Crippen MR) is 80.2 cm³/mol. The number of fused-ring (bicyclic) bond motifs is 1. The van der Waals surface area contributed by atoms with Crippen LogP contribution in [0.2, 0.25) is 0 Å². The number of alkyl halides is 1. The van der Waals surface area contributed by atoms with Crippen molar-refractivity contribution in [2.45, 2.75) is 32.7 Å². The smallest absolute Gasteiger partial charge is 0.160 e. The number of hydrogen-bond acceptors (Lipinski definition) is 3. The Morgan fingerprint density at radius 1 is 1.30 bits per heavy atom. The van der Waals surface area contributed by atoms with Gasteiger partial charge in [0.05, 0.1) is 0 Å². The summed E-state index contributed by atoms with van der Waals surface area (Å²) in [5.41, 5.74) is 3.00. The molecule has 108 valence electrons. The summed E-state index contributed by atoms with van der Waals surface area (Å²) in [6, 6.07) is 4.06. The van der Waals surface area contributed by atoms with Gasteiger partial charge in [-0.15, -0.1) is 11.6 Å². The predicted octanol–water partition coefficient (Wildman–Crippen LogP) is 2.95. The first-order valence-corrected chi connectivity index (χ1v) is 7.78. The molecule has 0 radical (unpaired) electrons. The molecular formula is C15H20ClN3O. The highest BCUT2D eigenvalue weighted by Gasteiger charge is 2.19. The number of aryl methyl sites for hydroxylation is 2. The molecule has 0 unspecified atom stereocenters. The maximum atomic E-state index is 5.92. The number of ether oxygens (including phenoxy) is 1. The molecule has 3 rings (SSSR count). The maximum absolute atomic E-state index is 5.92. The van der Waals surface area contributed by atoms with Crippen molar-refractivity contribution in [1.82, 2.24) is 14.5 Å². The molecule has 0 amide bonds. The molecule has 2 aromatic rings. The molecule has 4 nitrogen and oxygen atoms in total. The van der Waals surface area contributed by atoms with Crippen molar-refractivity contribution in [1.29, 1.82) is 0 Å². The van der Waals surface area contributed by atoms with Crippen LogP contribution in [-0.4, -0.2) is 33.6 Å². The van der Waals surface area contributed by atoms with Crippen LogP contribution in [0, 0.1) is 12.8 Å². The third-order valence-electron chi connectivity index (χ3n) is 3.91. The van der Waals surface area contributed by atoms with E-state index in [9.17, 15) is 0 Å². The lowest BCUT2D eigenvalue weighted by molar-refractivity contribution is 0.0613. The minimum atomic E-state index is 0.593. The normalized spacial score (nSPS) is 16.9. The van der Waals surface area contributed by atoms with Crippen LogP contribution in [0.1, 0.15) is 24.4 Å². The summed E-state index contributed by atoms with van der Waals surface area (Å²) >= 11 is 5.92. The lowest BCUT2D eigenvalue weighted by Gasteiger charge is -2.23. The molecule has 1 saturated heterocycles. The summed E-state index contributed by atoms with van der Waals surface area (Å²) < 4.78 is 7.71. The van der Waals surface area contributed by atoms with Crippen LogP contribution in [0.5, 0.6) is 0 Å². The Morgan fingerprint density at radius 2 is 2.10 bits per heavy atom. The third kappa shape index (κ3) is 2.81. The van der Waals surface area contributed by atoms with E-state index in [1.165, 1.54) is 0 Å². The van der Waals surface area contributed by atoms with E-state index in [0.29, 0.717) is 11.8 Å². The van der Waals surface area contributed by atoms with Crippen molar-refractivity contribution in [3.63, 3.8) is 0 Å². The van der Waals surface area contributed by atoms with Crippen molar-refractivity contribution in [2.75, 3.05) is 19.1 Å². The zero-order chi connectivity index (χ0) is 13.9. The maximum Gasteiger partial charge on any atom is 0.160 e. The lowest BCUT2D eigenvalue weighted by Crippen LogP contribution is -2.21. The quantitative estimate of drug-likeness (QED) is 0.814. The van der Waals surface area contributed by atoms with Crippen molar-refractivity contribution in [2.24, 2.45) is 5.92 Å². The van der Waals surface area contributed by atoms with Gasteiger partial charge in [0.25, 0.3) is 0 Å². The number of aromatic nitrogens is 3. The molecule has 0 N–H and O–H groups in total. The Hall–Kier alpha value is -1.13. The monoisotopic (exact) mass is 293 g/mol. The molecule has 1 aliphatic rings. The second-order valence-corrected chi connectivity index (χ2v) is 5.81. The standard InChI is InChI=1S/C15H20ClN3O/c1-11-2-3-13-15(17-11)19(14(18-13)4-7-16)10-12-5-8-20-9-6-12/h2-3,12H,4-10H2,1H3. The summed E-state index contributed by atoms with van der Waals surface area (Å²) in [6.07, 6.45) is 3.03. The average Bonchev–Trinajstić information content (AvgIpc) is 2.78. The number of imidazole rings is 1. The largest absolute Gasteiger partial charge is 0.381 e. The van der Waals surface area contributed by atoms with Crippen LogP contribution in [0.25, 0.3) is 11.2 Å². The Labute approximate surface area is 124 Å². The number of pyridine rings is 1. The summed E-state index contributed by atoms with van der Waals surface area (Å²) in [6.45, 7) is 4.73. The van der Waals surface area contributed by atoms with Crippen LogP contribution in [0.3, 0.4) is 0 Å². The van der Waals surface area contributed by atoms with Crippen molar-refractivity contribution in [3.05, 3.63) is 23.7 Å². The minimum Gasteiger partial charge on any atom is -0.381 e. The zero-order valence-corrected chi connectivity index (χ0v) is 12.6. The first kappa shape index (κ1) is 13.8. The molecule has 20 heavy (non-hydrogen) atoms. The molecule has 0 spiro atoms. The van der Waals surface area contributed by atoms with Crippen molar-refractivity contribution < 1.29 is 4.74 Å². The number of rotatable bonds is 4. The van der Waals surface area contributed by atoms with Gasteiger partial charge in [-0.2, -0.15) is 0 Å². The van der Waals surface area contributed by atoms with Crippen LogP contribution in [0.15, 0.2) is 12.1 Å². The van der Waals surface area contributed by atoms with E-state index in [4.69, 9.17) is 21.3 Å². The molecule has 1 fully saturated rings. The third-order valence-corrected chi connectivity index (χ3v) is 4.10.